The van der Waals surface area contributed by atoms with Crippen LogP contribution in [0.25, 0.3) is 0 Å². The van der Waals surface area contributed by atoms with Crippen molar-refractivity contribution in [1.82, 2.24) is 19.4 Å². The van der Waals surface area contributed by atoms with Crippen molar-refractivity contribution in [3.63, 3.8) is 0 Å². The number of piperidine rings is 1. The van der Waals surface area contributed by atoms with Gasteiger partial charge in [-0.1, -0.05) is 72.1 Å². The van der Waals surface area contributed by atoms with Gasteiger partial charge in [0, 0.05) is 30.5 Å². The van der Waals surface area contributed by atoms with Crippen LogP contribution in [0.1, 0.15) is 38.2 Å². The molecule has 0 spiro atoms. The van der Waals surface area contributed by atoms with Crippen molar-refractivity contribution in [2.45, 2.75) is 45.3 Å². The lowest BCUT2D eigenvalue weighted by molar-refractivity contribution is -0.147. The number of ether oxygens (including phenoxy) is 3. The summed E-state index contributed by atoms with van der Waals surface area (Å²) in [6, 6.07) is 11.9. The van der Waals surface area contributed by atoms with Crippen LogP contribution < -0.4 is 4.74 Å². The average Bonchev–Trinajstić information content (AvgIpc) is 3.56. The van der Waals surface area contributed by atoms with Crippen LogP contribution in [0.3, 0.4) is 0 Å². The van der Waals surface area contributed by atoms with Crippen LogP contribution >= 0.6 is 34.8 Å². The van der Waals surface area contributed by atoms with E-state index in [2.05, 4.69) is 4.98 Å². The molecule has 13 heteroatoms. The molecule has 0 aliphatic carbocycles. The van der Waals surface area contributed by atoms with Crippen LogP contribution in [0.15, 0.2) is 61.2 Å². The summed E-state index contributed by atoms with van der Waals surface area (Å²) < 4.78 is 17.1. The molecule has 10 nitrogen and oxygen atoms in total. The van der Waals surface area contributed by atoms with Crippen molar-refractivity contribution in [1.29, 1.82) is 0 Å². The molecule has 1 saturated heterocycles. The van der Waals surface area contributed by atoms with Gasteiger partial charge < -0.3 is 19.1 Å². The molecular formula is C30H35Cl3N4O6. The summed E-state index contributed by atoms with van der Waals surface area (Å²) in [5.41, 5.74) is 0.924. The molecule has 43 heavy (non-hydrogen) atoms. The molecule has 1 fully saturated rings. The van der Waals surface area contributed by atoms with Crippen LogP contribution in [0.4, 0.5) is 9.59 Å². The van der Waals surface area contributed by atoms with E-state index in [-0.39, 0.29) is 25.2 Å². The van der Waals surface area contributed by atoms with Crippen LogP contribution in [0.5, 0.6) is 5.75 Å². The Labute approximate surface area is 266 Å². The van der Waals surface area contributed by atoms with Crippen molar-refractivity contribution in [2.24, 2.45) is 0 Å². The molecule has 1 atom stereocenters. The highest BCUT2D eigenvalue weighted by Crippen LogP contribution is 2.35. The fourth-order valence-electron chi connectivity index (χ4n) is 4.37. The minimum absolute atomic E-state index is 0.152. The first-order chi connectivity index (χ1) is 20.7. The predicted octanol–water partition coefficient (Wildman–Crippen LogP) is 6.95. The number of rotatable bonds is 9. The van der Waals surface area contributed by atoms with Crippen LogP contribution in [0, 0.1) is 0 Å². The zero-order valence-corrected chi connectivity index (χ0v) is 26.4. The second-order valence-corrected chi connectivity index (χ2v) is 10.8. The minimum Gasteiger partial charge on any atom is -0.489 e. The van der Waals surface area contributed by atoms with Crippen molar-refractivity contribution in [3.8, 4) is 5.75 Å². The number of likely N-dealkylation sites (tertiary alicyclic amines) is 1. The second-order valence-electron chi connectivity index (χ2n) is 9.55. The van der Waals surface area contributed by atoms with E-state index in [1.165, 1.54) is 22.9 Å². The molecule has 1 aliphatic rings. The van der Waals surface area contributed by atoms with E-state index in [0.717, 1.165) is 24.8 Å². The van der Waals surface area contributed by atoms with Crippen molar-refractivity contribution < 1.29 is 28.6 Å². The highest BCUT2D eigenvalue weighted by molar-refractivity contribution is 6.40. The van der Waals surface area contributed by atoms with Gasteiger partial charge in [0.2, 0.25) is 0 Å². The second kappa shape index (κ2) is 17.6. The third kappa shape index (κ3) is 10.3. The quantitative estimate of drug-likeness (QED) is 0.230. The van der Waals surface area contributed by atoms with Gasteiger partial charge in [0.05, 0.1) is 23.7 Å². The molecule has 2 aromatic carbocycles. The molecular weight excluding hydrogens is 619 g/mol. The summed E-state index contributed by atoms with van der Waals surface area (Å²) in [5.74, 6) is -0.00868. The number of hydrogen-bond donors (Lipinski definition) is 0. The van der Waals surface area contributed by atoms with Crippen molar-refractivity contribution in [3.05, 3.63) is 81.8 Å². The van der Waals surface area contributed by atoms with Crippen molar-refractivity contribution in [2.75, 3.05) is 33.4 Å². The van der Waals surface area contributed by atoms with Gasteiger partial charge in [-0.25, -0.2) is 19.4 Å². The number of amides is 2. The van der Waals surface area contributed by atoms with E-state index in [1.807, 2.05) is 37.3 Å². The number of esters is 1. The monoisotopic (exact) mass is 652 g/mol. The standard InChI is InChI=1S/C15H16Cl3N3O2.C15H19NO4/c1-2-4-20(15(22)21-5-3-19-10-21)6-7-23-14-12(17)8-11(16)9-13(14)18;1-19-14(17)13-9-5-6-10-16(13)15(18)20-11-12-7-3-2-4-8-12/h3,5,8-10H,2,4,6-7H2,1H3;2-4,7-8,13H,5-6,9-11H2,1H3/t;13-/m.0/s1. The van der Waals surface area contributed by atoms with E-state index < -0.39 is 12.1 Å². The van der Waals surface area contributed by atoms with Crippen molar-refractivity contribution >= 4 is 52.9 Å². The van der Waals surface area contributed by atoms with Gasteiger partial charge in [-0.3, -0.25) is 9.47 Å². The number of carbonyl (C=O) groups excluding carboxylic acids is 3. The third-order valence-electron chi connectivity index (χ3n) is 6.48. The van der Waals surface area contributed by atoms with E-state index in [0.29, 0.717) is 46.9 Å². The lowest BCUT2D eigenvalue weighted by Gasteiger charge is -2.32. The van der Waals surface area contributed by atoms with E-state index in [4.69, 9.17) is 49.0 Å². The number of methoxy groups -OCH3 is 1. The van der Waals surface area contributed by atoms with Gasteiger partial charge >= 0.3 is 18.1 Å². The highest BCUT2D eigenvalue weighted by Gasteiger charge is 2.33. The van der Waals surface area contributed by atoms with E-state index >= 15 is 0 Å². The maximum Gasteiger partial charge on any atom is 0.410 e. The normalized spacial score (nSPS) is 14.3. The van der Waals surface area contributed by atoms with E-state index in [1.54, 1.807) is 29.4 Å². The van der Waals surface area contributed by atoms with Crippen LogP contribution in [-0.4, -0.2) is 76.8 Å². The van der Waals surface area contributed by atoms with Gasteiger partial charge in [-0.05, 0) is 43.4 Å². The Bertz CT molecular complexity index is 1300. The Morgan fingerprint density at radius 1 is 1.05 bits per heavy atom. The first-order valence-corrected chi connectivity index (χ1v) is 15.0. The van der Waals surface area contributed by atoms with Gasteiger partial charge in [0.25, 0.3) is 0 Å². The fourth-order valence-corrected chi connectivity index (χ4v) is 5.29. The molecule has 2 heterocycles. The Balaban J connectivity index is 0.000000238. The molecule has 0 unspecified atom stereocenters. The zero-order valence-electron chi connectivity index (χ0n) is 24.1. The molecule has 0 N–H and O–H groups in total. The molecule has 3 aromatic rings. The first-order valence-electron chi connectivity index (χ1n) is 13.8. The molecule has 0 saturated carbocycles. The number of nitrogens with zero attached hydrogens (tertiary/aromatic N) is 4. The molecule has 4 rings (SSSR count). The van der Waals surface area contributed by atoms with Gasteiger partial charge in [-0.2, -0.15) is 0 Å². The summed E-state index contributed by atoms with van der Waals surface area (Å²) >= 11 is 18.0. The average molecular weight is 654 g/mol. The number of halogens is 3. The summed E-state index contributed by atoms with van der Waals surface area (Å²) in [5, 5.41) is 1.12. The maximum absolute atomic E-state index is 12.3. The number of aromatic nitrogens is 2. The minimum atomic E-state index is -0.517. The Hall–Kier alpha value is -3.47. The molecule has 2 amide bonds. The van der Waals surface area contributed by atoms with E-state index in [9.17, 15) is 14.4 Å². The molecule has 1 aromatic heterocycles. The fraction of sp³-hybridized carbons (Fsp3) is 0.400. The summed E-state index contributed by atoms with van der Waals surface area (Å²) in [6.07, 6.45) is 7.46. The van der Waals surface area contributed by atoms with Gasteiger partial charge in [-0.15, -0.1) is 0 Å². The topological polar surface area (TPSA) is 103 Å². The predicted molar refractivity (Wildman–Crippen MR) is 165 cm³/mol. The Morgan fingerprint density at radius 3 is 2.40 bits per heavy atom. The van der Waals surface area contributed by atoms with Gasteiger partial charge in [0.15, 0.2) is 5.75 Å². The lowest BCUT2D eigenvalue weighted by Crippen LogP contribution is -2.48. The summed E-state index contributed by atoms with van der Waals surface area (Å²) in [4.78, 5) is 43.2. The Morgan fingerprint density at radius 2 is 1.77 bits per heavy atom. The molecule has 0 radical (unpaired) electrons. The molecule has 0 bridgehead atoms. The van der Waals surface area contributed by atoms with Gasteiger partial charge in [0.1, 0.15) is 25.6 Å². The Kier molecular flexibility index (Phi) is 13.9. The molecule has 232 valence electrons. The molecule has 1 aliphatic heterocycles. The largest absolute Gasteiger partial charge is 0.489 e. The SMILES string of the molecule is CCCN(CCOc1c(Cl)cc(Cl)cc1Cl)C(=O)n1ccnc1.COC(=O)[C@@H]1CCCCN1C(=O)OCc1ccccc1. The number of carbonyl (C=O) groups is 3. The number of imidazole rings is 1. The first kappa shape index (κ1) is 34.0. The maximum atomic E-state index is 12.3. The third-order valence-corrected chi connectivity index (χ3v) is 7.26. The van der Waals surface area contributed by atoms with Crippen LogP contribution in [0.2, 0.25) is 15.1 Å². The van der Waals surface area contributed by atoms with Crippen LogP contribution in [-0.2, 0) is 20.9 Å². The smallest absolute Gasteiger partial charge is 0.410 e. The zero-order chi connectivity index (χ0) is 31.2. The number of hydrogen-bond acceptors (Lipinski definition) is 7. The summed E-state index contributed by atoms with van der Waals surface area (Å²) in [7, 11) is 1.34. The highest BCUT2D eigenvalue weighted by atomic mass is 35.5. The number of benzene rings is 2. The summed E-state index contributed by atoms with van der Waals surface area (Å²) in [6.45, 7) is 4.03. The lowest BCUT2D eigenvalue weighted by atomic mass is 10.0.